The minimum Gasteiger partial charge on any atom is -0.497 e. The molecule has 1 unspecified atom stereocenters. The second kappa shape index (κ2) is 8.31. The van der Waals surface area contributed by atoms with Gasteiger partial charge in [0, 0.05) is 6.42 Å². The van der Waals surface area contributed by atoms with Crippen LogP contribution in [0.3, 0.4) is 0 Å². The van der Waals surface area contributed by atoms with E-state index in [1.165, 1.54) is 0 Å². The molecule has 1 aliphatic heterocycles. The van der Waals surface area contributed by atoms with E-state index in [4.69, 9.17) is 25.8 Å². The molecule has 6 heteroatoms. The van der Waals surface area contributed by atoms with Crippen LogP contribution in [0.15, 0.2) is 36.4 Å². The van der Waals surface area contributed by atoms with Crippen molar-refractivity contribution in [2.24, 2.45) is 5.92 Å². The summed E-state index contributed by atoms with van der Waals surface area (Å²) in [6.07, 6.45) is 3.32. The summed E-state index contributed by atoms with van der Waals surface area (Å²) in [5, 5.41) is 3.68. The fourth-order valence-electron chi connectivity index (χ4n) is 3.51. The largest absolute Gasteiger partial charge is 0.497 e. The first-order chi connectivity index (χ1) is 13.6. The monoisotopic (exact) mass is 401 g/mol. The molecule has 4 rings (SSSR count). The van der Waals surface area contributed by atoms with Crippen molar-refractivity contribution < 1.29 is 19.0 Å². The van der Waals surface area contributed by atoms with E-state index in [1.54, 1.807) is 13.2 Å². The third-order valence-electron chi connectivity index (χ3n) is 5.11. The molecule has 1 atom stereocenters. The Labute approximate surface area is 169 Å². The van der Waals surface area contributed by atoms with Crippen LogP contribution in [0, 0.1) is 5.92 Å². The van der Waals surface area contributed by atoms with Gasteiger partial charge in [-0.1, -0.05) is 23.7 Å². The number of ether oxygens (including phenoxy) is 3. The molecular formula is C22H24ClNO4. The minimum atomic E-state index is -0.0294. The first-order valence-electron chi connectivity index (χ1n) is 9.65. The van der Waals surface area contributed by atoms with Crippen LogP contribution in [0.1, 0.15) is 36.4 Å². The molecule has 0 aromatic heterocycles. The zero-order chi connectivity index (χ0) is 19.5. The maximum atomic E-state index is 12.7. The van der Waals surface area contributed by atoms with Crippen LogP contribution in [0.4, 0.5) is 0 Å². The second-order valence-corrected chi connectivity index (χ2v) is 7.70. The number of carbonyl (C=O) groups excluding carboxylic acids is 1. The van der Waals surface area contributed by atoms with E-state index in [-0.39, 0.29) is 18.4 Å². The van der Waals surface area contributed by atoms with Gasteiger partial charge in [0.05, 0.1) is 37.8 Å². The van der Waals surface area contributed by atoms with Crippen molar-refractivity contribution in [3.05, 3.63) is 52.5 Å². The smallest absolute Gasteiger partial charge is 0.224 e. The molecule has 1 aliphatic carbocycles. The van der Waals surface area contributed by atoms with Crippen LogP contribution >= 0.6 is 11.6 Å². The van der Waals surface area contributed by atoms with Gasteiger partial charge in [-0.15, -0.1) is 0 Å². The van der Waals surface area contributed by atoms with Crippen molar-refractivity contribution >= 4 is 17.5 Å². The minimum absolute atomic E-state index is 0.0225. The van der Waals surface area contributed by atoms with Crippen LogP contribution in [0.2, 0.25) is 5.02 Å². The molecule has 148 valence electrons. The Kier molecular flexibility index (Phi) is 5.62. The van der Waals surface area contributed by atoms with Gasteiger partial charge in [-0.2, -0.15) is 0 Å². The van der Waals surface area contributed by atoms with E-state index < -0.39 is 0 Å². The van der Waals surface area contributed by atoms with Crippen molar-refractivity contribution in [1.29, 1.82) is 0 Å². The van der Waals surface area contributed by atoms with Gasteiger partial charge in [0.15, 0.2) is 11.5 Å². The second-order valence-electron chi connectivity index (χ2n) is 7.29. The highest BCUT2D eigenvalue weighted by Gasteiger charge is 2.33. The fourth-order valence-corrected chi connectivity index (χ4v) is 3.80. The lowest BCUT2D eigenvalue weighted by Gasteiger charge is -2.19. The van der Waals surface area contributed by atoms with E-state index in [0.29, 0.717) is 35.7 Å². The zero-order valence-corrected chi connectivity index (χ0v) is 16.6. The average Bonchev–Trinajstić information content (AvgIpc) is 3.53. The Morgan fingerprint density at radius 1 is 1.21 bits per heavy atom. The molecule has 5 nitrogen and oxygen atoms in total. The summed E-state index contributed by atoms with van der Waals surface area (Å²) in [5.74, 6) is 2.45. The fraction of sp³-hybridized carbons (Fsp3) is 0.409. The van der Waals surface area contributed by atoms with Gasteiger partial charge in [0.25, 0.3) is 0 Å². The Morgan fingerprint density at radius 2 is 1.96 bits per heavy atom. The van der Waals surface area contributed by atoms with Crippen molar-refractivity contribution in [3.8, 4) is 17.2 Å². The van der Waals surface area contributed by atoms with Crippen molar-refractivity contribution in [2.45, 2.75) is 31.7 Å². The van der Waals surface area contributed by atoms with E-state index >= 15 is 0 Å². The van der Waals surface area contributed by atoms with E-state index in [1.807, 2.05) is 30.3 Å². The summed E-state index contributed by atoms with van der Waals surface area (Å²) in [5.41, 5.74) is 1.92. The Morgan fingerprint density at radius 3 is 2.68 bits per heavy atom. The summed E-state index contributed by atoms with van der Waals surface area (Å²) in [6, 6.07) is 11.6. The van der Waals surface area contributed by atoms with Crippen molar-refractivity contribution in [1.82, 2.24) is 5.32 Å². The summed E-state index contributed by atoms with van der Waals surface area (Å²) < 4.78 is 16.6. The predicted molar refractivity (Wildman–Crippen MR) is 107 cm³/mol. The molecule has 28 heavy (non-hydrogen) atoms. The lowest BCUT2D eigenvalue weighted by molar-refractivity contribution is -0.121. The topological polar surface area (TPSA) is 56.8 Å². The van der Waals surface area contributed by atoms with E-state index in [9.17, 15) is 4.79 Å². The van der Waals surface area contributed by atoms with Gasteiger partial charge >= 0.3 is 0 Å². The number of fused-ring (bicyclic) bond motifs is 1. The van der Waals surface area contributed by atoms with Crippen LogP contribution in [0.5, 0.6) is 17.2 Å². The maximum absolute atomic E-state index is 12.7. The van der Waals surface area contributed by atoms with Crippen LogP contribution in [-0.2, 0) is 11.2 Å². The molecule has 1 heterocycles. The van der Waals surface area contributed by atoms with Crippen LogP contribution < -0.4 is 19.5 Å². The predicted octanol–water partition coefficient (Wildman–Crippen LogP) is 4.32. The number of amides is 1. The number of rotatable bonds is 6. The molecular weight excluding hydrogens is 378 g/mol. The summed E-state index contributed by atoms with van der Waals surface area (Å²) in [7, 11) is 1.65. The van der Waals surface area contributed by atoms with Gasteiger partial charge < -0.3 is 19.5 Å². The molecule has 1 N–H and O–H groups in total. The molecule has 0 saturated heterocycles. The lowest BCUT2D eigenvalue weighted by Crippen LogP contribution is -2.31. The van der Waals surface area contributed by atoms with Crippen molar-refractivity contribution in [2.75, 3.05) is 20.3 Å². The molecule has 1 saturated carbocycles. The number of carbonyl (C=O) groups is 1. The molecule has 1 fully saturated rings. The van der Waals surface area contributed by atoms with Crippen LogP contribution in [-0.4, -0.2) is 26.2 Å². The molecule has 0 radical (unpaired) electrons. The van der Waals surface area contributed by atoms with Gasteiger partial charge in [-0.25, -0.2) is 0 Å². The molecule has 2 aromatic rings. The zero-order valence-electron chi connectivity index (χ0n) is 15.9. The van der Waals surface area contributed by atoms with E-state index in [0.717, 1.165) is 36.1 Å². The summed E-state index contributed by atoms with van der Waals surface area (Å²) in [4.78, 5) is 12.7. The maximum Gasteiger partial charge on any atom is 0.224 e. The summed E-state index contributed by atoms with van der Waals surface area (Å²) >= 11 is 6.35. The molecule has 2 aliphatic rings. The number of methoxy groups -OCH3 is 1. The molecule has 0 bridgehead atoms. The number of nitrogens with one attached hydrogen (secondary N) is 1. The van der Waals surface area contributed by atoms with E-state index in [2.05, 4.69) is 5.32 Å². The Bertz CT molecular complexity index is 848. The van der Waals surface area contributed by atoms with Gasteiger partial charge in [-0.05, 0) is 54.2 Å². The highest BCUT2D eigenvalue weighted by atomic mass is 35.5. The first-order valence-corrected chi connectivity index (χ1v) is 10.0. The molecule has 0 spiro atoms. The van der Waals surface area contributed by atoms with Gasteiger partial charge in [0.1, 0.15) is 5.75 Å². The van der Waals surface area contributed by atoms with Crippen molar-refractivity contribution in [3.63, 3.8) is 0 Å². The third kappa shape index (κ3) is 4.36. The Balaban J connectivity index is 1.46. The van der Waals surface area contributed by atoms with Crippen LogP contribution in [0.25, 0.3) is 0 Å². The Hall–Kier alpha value is -2.40. The highest BCUT2D eigenvalue weighted by Crippen LogP contribution is 2.42. The number of halogens is 1. The van der Waals surface area contributed by atoms with Gasteiger partial charge in [0.2, 0.25) is 5.91 Å². The first kappa shape index (κ1) is 18.9. The average molecular weight is 402 g/mol. The summed E-state index contributed by atoms with van der Waals surface area (Å²) in [6.45, 7) is 1.16. The third-order valence-corrected chi connectivity index (χ3v) is 5.39. The highest BCUT2D eigenvalue weighted by molar-refractivity contribution is 6.32. The normalized spacial score (nSPS) is 16.8. The quantitative estimate of drug-likeness (QED) is 0.783. The number of hydrogen-bond donors (Lipinski definition) is 1. The van der Waals surface area contributed by atoms with Gasteiger partial charge in [-0.3, -0.25) is 4.79 Å². The standard InChI is InChI=1S/C22H24ClNO4/c1-26-17-7-5-16(6-8-17)21(15-3-4-15)24-20(25)13-14-11-18(23)22-19(12-14)27-9-2-10-28-22/h5-8,11-12,15,21H,2-4,9-10,13H2,1H3,(H,24,25). The SMILES string of the molecule is COc1ccc(C(NC(=O)Cc2cc(Cl)c3c(c2)OCCCO3)C2CC2)cc1. The lowest BCUT2D eigenvalue weighted by atomic mass is 10.0. The number of benzene rings is 2. The molecule has 2 aromatic carbocycles. The molecule has 1 amide bonds. The number of hydrogen-bond acceptors (Lipinski definition) is 4.